The number of carbonyl (C=O) groups excluding carboxylic acids is 1. The summed E-state index contributed by atoms with van der Waals surface area (Å²) in [6, 6.07) is 0.665. The van der Waals surface area contributed by atoms with Gasteiger partial charge >= 0.3 is 0 Å². The minimum atomic E-state index is -3.01. The van der Waals surface area contributed by atoms with Gasteiger partial charge in [-0.05, 0) is 28.7 Å². The lowest BCUT2D eigenvalue weighted by Gasteiger charge is -2.04. The van der Waals surface area contributed by atoms with Crippen LogP contribution in [0.15, 0.2) is 6.07 Å². The second kappa shape index (κ2) is 4.11. The van der Waals surface area contributed by atoms with Crippen molar-refractivity contribution in [2.45, 2.75) is 6.43 Å². The molecule has 2 N–H and O–H groups in total. The van der Waals surface area contributed by atoms with Gasteiger partial charge in [0.25, 0.3) is 12.3 Å². The van der Waals surface area contributed by atoms with E-state index in [-0.39, 0.29) is 9.26 Å². The lowest BCUT2D eigenvalue weighted by atomic mass is 10.2. The third kappa shape index (κ3) is 2.14. The molecule has 1 rings (SSSR count). The average molecular weight is 316 g/mol. The van der Waals surface area contributed by atoms with E-state index in [0.29, 0.717) is 6.07 Å². The zero-order valence-corrected chi connectivity index (χ0v) is 8.76. The Morgan fingerprint density at radius 2 is 2.14 bits per heavy atom. The monoisotopic (exact) mass is 316 g/mol. The zero-order chi connectivity index (χ0) is 10.9. The first-order chi connectivity index (χ1) is 6.43. The molecule has 0 aliphatic rings. The minimum absolute atomic E-state index is 0.0354. The van der Waals surface area contributed by atoms with E-state index in [1.54, 1.807) is 0 Å². The van der Waals surface area contributed by atoms with Gasteiger partial charge in [-0.15, -0.1) is 0 Å². The molecule has 1 aromatic rings. The van der Waals surface area contributed by atoms with Gasteiger partial charge in [-0.1, -0.05) is 0 Å². The number of halogens is 4. The fourth-order valence-corrected chi connectivity index (χ4v) is 1.49. The van der Waals surface area contributed by atoms with Crippen molar-refractivity contribution < 1.29 is 18.0 Å². The number of primary amides is 1. The molecule has 0 unspecified atom stereocenters. The Labute approximate surface area is 90.6 Å². The summed E-state index contributed by atoms with van der Waals surface area (Å²) in [4.78, 5) is 13.9. The Morgan fingerprint density at radius 3 is 2.57 bits per heavy atom. The number of amides is 1. The topological polar surface area (TPSA) is 56.0 Å². The number of carbonyl (C=O) groups is 1. The highest BCUT2D eigenvalue weighted by atomic mass is 127. The van der Waals surface area contributed by atoms with Gasteiger partial charge in [-0.3, -0.25) is 4.79 Å². The van der Waals surface area contributed by atoms with Gasteiger partial charge in [0, 0.05) is 0 Å². The lowest BCUT2D eigenvalue weighted by Crippen LogP contribution is -2.15. The molecule has 1 amide bonds. The number of hydrogen-bond acceptors (Lipinski definition) is 2. The molecule has 7 heteroatoms. The van der Waals surface area contributed by atoms with Crippen LogP contribution in [-0.2, 0) is 0 Å². The molecule has 14 heavy (non-hydrogen) atoms. The van der Waals surface area contributed by atoms with E-state index in [0.717, 1.165) is 0 Å². The largest absolute Gasteiger partial charge is 0.366 e. The average Bonchev–Trinajstić information content (AvgIpc) is 2.07. The van der Waals surface area contributed by atoms with Gasteiger partial charge < -0.3 is 5.73 Å². The van der Waals surface area contributed by atoms with Crippen LogP contribution < -0.4 is 5.73 Å². The summed E-state index contributed by atoms with van der Waals surface area (Å²) in [6.45, 7) is 0. The fourth-order valence-electron chi connectivity index (χ4n) is 0.805. The van der Waals surface area contributed by atoms with E-state index >= 15 is 0 Å². The molecule has 1 heterocycles. The molecule has 1 aromatic heterocycles. The summed E-state index contributed by atoms with van der Waals surface area (Å²) in [5.41, 5.74) is 3.70. The van der Waals surface area contributed by atoms with Crippen molar-refractivity contribution in [3.05, 3.63) is 26.8 Å². The summed E-state index contributed by atoms with van der Waals surface area (Å²) >= 11 is 1.54. The molecular formula is C7H4F3IN2O. The van der Waals surface area contributed by atoms with Gasteiger partial charge in [-0.2, -0.15) is 0 Å². The van der Waals surface area contributed by atoms with Crippen LogP contribution in [0, 0.1) is 9.52 Å². The summed E-state index contributed by atoms with van der Waals surface area (Å²) in [5, 5.41) is 0. The molecule has 0 atom stereocenters. The van der Waals surface area contributed by atoms with Gasteiger partial charge in [0.2, 0.25) is 0 Å². The van der Waals surface area contributed by atoms with E-state index in [1.165, 1.54) is 22.6 Å². The van der Waals surface area contributed by atoms with E-state index in [2.05, 4.69) is 4.98 Å². The molecule has 0 saturated heterocycles. The number of nitrogens with zero attached hydrogens (tertiary/aromatic N) is 1. The molecular weight excluding hydrogens is 312 g/mol. The first-order valence-electron chi connectivity index (χ1n) is 3.37. The zero-order valence-electron chi connectivity index (χ0n) is 6.60. The molecule has 0 fully saturated rings. The second-order valence-electron chi connectivity index (χ2n) is 2.36. The smallest absolute Gasteiger partial charge is 0.283 e. The van der Waals surface area contributed by atoms with Crippen molar-refractivity contribution in [2.24, 2.45) is 5.73 Å². The Morgan fingerprint density at radius 1 is 1.57 bits per heavy atom. The molecule has 76 valence electrons. The number of alkyl halides is 2. The molecule has 0 aliphatic carbocycles. The molecule has 0 aromatic carbocycles. The van der Waals surface area contributed by atoms with Crippen molar-refractivity contribution in [1.29, 1.82) is 0 Å². The minimum Gasteiger partial charge on any atom is -0.366 e. The predicted octanol–water partition coefficient (Wildman–Crippen LogP) is 1.86. The number of pyridine rings is 1. The first-order valence-corrected chi connectivity index (χ1v) is 4.45. The highest BCUT2D eigenvalue weighted by molar-refractivity contribution is 14.1. The van der Waals surface area contributed by atoms with Crippen LogP contribution >= 0.6 is 22.6 Å². The number of aromatic nitrogens is 1. The Kier molecular flexibility index (Phi) is 3.29. The van der Waals surface area contributed by atoms with E-state index in [4.69, 9.17) is 5.73 Å². The summed E-state index contributed by atoms with van der Waals surface area (Å²) in [5.74, 6) is -2.13. The maximum absolute atomic E-state index is 12.9. The molecule has 0 aliphatic heterocycles. The third-order valence-electron chi connectivity index (χ3n) is 1.43. The van der Waals surface area contributed by atoms with Crippen molar-refractivity contribution in [2.75, 3.05) is 0 Å². The van der Waals surface area contributed by atoms with Gasteiger partial charge in [0.15, 0.2) is 5.82 Å². The van der Waals surface area contributed by atoms with Crippen LogP contribution in [-0.4, -0.2) is 10.9 Å². The predicted molar refractivity (Wildman–Crippen MR) is 50.4 cm³/mol. The second-order valence-corrected chi connectivity index (χ2v) is 3.38. The highest BCUT2D eigenvalue weighted by Gasteiger charge is 2.19. The van der Waals surface area contributed by atoms with Crippen molar-refractivity contribution in [3.63, 3.8) is 0 Å². The van der Waals surface area contributed by atoms with Crippen LogP contribution in [0.4, 0.5) is 13.2 Å². The quantitative estimate of drug-likeness (QED) is 0.669. The van der Waals surface area contributed by atoms with Crippen LogP contribution in [0.2, 0.25) is 0 Å². The number of nitrogens with two attached hydrogens (primary N) is 1. The van der Waals surface area contributed by atoms with Crippen LogP contribution in [0.5, 0.6) is 0 Å². The Balaban J connectivity index is 3.31. The van der Waals surface area contributed by atoms with Crippen molar-refractivity contribution in [1.82, 2.24) is 4.98 Å². The normalized spacial score (nSPS) is 10.6. The summed E-state index contributed by atoms with van der Waals surface area (Å²) < 4.78 is 37.1. The molecule has 0 spiro atoms. The highest BCUT2D eigenvalue weighted by Crippen LogP contribution is 2.22. The summed E-state index contributed by atoms with van der Waals surface area (Å²) in [6.07, 6.45) is -3.01. The Bertz CT molecular complexity index is 383. The Hall–Kier alpha value is -0.860. The van der Waals surface area contributed by atoms with Crippen molar-refractivity contribution in [3.8, 4) is 0 Å². The maximum atomic E-state index is 12.9. The van der Waals surface area contributed by atoms with Crippen LogP contribution in [0.3, 0.4) is 0 Å². The van der Waals surface area contributed by atoms with Crippen molar-refractivity contribution >= 4 is 28.5 Å². The van der Waals surface area contributed by atoms with E-state index in [1.807, 2.05) is 0 Å². The lowest BCUT2D eigenvalue weighted by molar-refractivity contribution is 0.0996. The third-order valence-corrected chi connectivity index (χ3v) is 2.25. The molecule has 0 saturated carbocycles. The standard InChI is InChI=1S/C7H4F3IN2O/c8-3-1-2(7(12)14)6(11)13-4(3)5(9)10/h1,5H,(H2,12,14). The summed E-state index contributed by atoms with van der Waals surface area (Å²) in [7, 11) is 0. The molecule has 0 radical (unpaired) electrons. The first kappa shape index (κ1) is 11.2. The SMILES string of the molecule is NC(=O)c1cc(F)c(C(F)F)nc1I. The maximum Gasteiger partial charge on any atom is 0.283 e. The van der Waals surface area contributed by atoms with Crippen LogP contribution in [0.1, 0.15) is 22.5 Å². The molecule has 0 bridgehead atoms. The van der Waals surface area contributed by atoms with E-state index < -0.39 is 23.8 Å². The van der Waals surface area contributed by atoms with Gasteiger partial charge in [0.05, 0.1) is 5.56 Å². The molecule has 3 nitrogen and oxygen atoms in total. The fraction of sp³-hybridized carbons (Fsp3) is 0.143. The van der Waals surface area contributed by atoms with Gasteiger partial charge in [-0.25, -0.2) is 18.2 Å². The number of hydrogen-bond donors (Lipinski definition) is 1. The number of rotatable bonds is 2. The van der Waals surface area contributed by atoms with E-state index in [9.17, 15) is 18.0 Å². The van der Waals surface area contributed by atoms with Crippen LogP contribution in [0.25, 0.3) is 0 Å². The van der Waals surface area contributed by atoms with Gasteiger partial charge in [0.1, 0.15) is 9.39 Å².